The van der Waals surface area contributed by atoms with Gasteiger partial charge >= 0.3 is 6.09 Å². The molecule has 2 rings (SSSR count). The first-order chi connectivity index (χ1) is 8.85. The second-order valence-corrected chi connectivity index (χ2v) is 5.96. The SMILES string of the molecule is Cn1cc([C@@H]2CNC[C@H]2NC(=O)OC(C)(C)C)cn1. The molecule has 6 heteroatoms. The molecule has 2 atom stereocenters. The molecule has 0 aliphatic carbocycles. The van der Waals surface area contributed by atoms with E-state index in [0.717, 1.165) is 18.7 Å². The molecule has 19 heavy (non-hydrogen) atoms. The standard InChI is InChI=1S/C13H22N4O2/c1-13(2,3)19-12(18)16-11-7-14-6-10(11)9-5-15-17(4)8-9/h5,8,10-11,14H,6-7H2,1-4H3,(H,16,18)/t10-,11+/m0/s1. The fourth-order valence-electron chi connectivity index (χ4n) is 2.27. The Hall–Kier alpha value is -1.56. The summed E-state index contributed by atoms with van der Waals surface area (Å²) in [6, 6.07) is 0.0408. The molecule has 0 spiro atoms. The van der Waals surface area contributed by atoms with Crippen molar-refractivity contribution in [2.45, 2.75) is 38.3 Å². The van der Waals surface area contributed by atoms with Crippen molar-refractivity contribution >= 4 is 6.09 Å². The fraction of sp³-hybridized carbons (Fsp3) is 0.692. The summed E-state index contributed by atoms with van der Waals surface area (Å²) in [5.74, 6) is 0.237. The highest BCUT2D eigenvalue weighted by molar-refractivity contribution is 5.68. The molecule has 106 valence electrons. The minimum absolute atomic E-state index is 0.0408. The van der Waals surface area contributed by atoms with Crippen LogP contribution in [0.3, 0.4) is 0 Å². The molecule has 2 heterocycles. The summed E-state index contributed by atoms with van der Waals surface area (Å²) in [5.41, 5.74) is 0.661. The molecule has 1 aromatic rings. The van der Waals surface area contributed by atoms with Crippen LogP contribution in [0.4, 0.5) is 4.79 Å². The smallest absolute Gasteiger partial charge is 0.407 e. The summed E-state index contributed by atoms with van der Waals surface area (Å²) in [7, 11) is 1.89. The van der Waals surface area contributed by atoms with Crippen LogP contribution in [0.1, 0.15) is 32.3 Å². The van der Waals surface area contributed by atoms with Gasteiger partial charge in [-0.2, -0.15) is 5.10 Å². The number of ether oxygens (including phenoxy) is 1. The largest absolute Gasteiger partial charge is 0.444 e. The van der Waals surface area contributed by atoms with E-state index in [1.165, 1.54) is 0 Å². The van der Waals surface area contributed by atoms with Crippen molar-refractivity contribution < 1.29 is 9.53 Å². The van der Waals surface area contributed by atoms with Gasteiger partial charge in [0.05, 0.1) is 12.2 Å². The highest BCUT2D eigenvalue weighted by Gasteiger charge is 2.31. The van der Waals surface area contributed by atoms with E-state index in [1.54, 1.807) is 4.68 Å². The molecule has 6 nitrogen and oxygen atoms in total. The fourth-order valence-corrected chi connectivity index (χ4v) is 2.27. The Morgan fingerprint density at radius 3 is 2.84 bits per heavy atom. The minimum Gasteiger partial charge on any atom is -0.444 e. The third-order valence-electron chi connectivity index (χ3n) is 3.07. The molecule has 1 amide bonds. The van der Waals surface area contributed by atoms with Gasteiger partial charge in [-0.05, 0) is 26.3 Å². The lowest BCUT2D eigenvalue weighted by molar-refractivity contribution is 0.0504. The number of hydrogen-bond acceptors (Lipinski definition) is 4. The Morgan fingerprint density at radius 1 is 1.53 bits per heavy atom. The lowest BCUT2D eigenvalue weighted by Crippen LogP contribution is -2.42. The van der Waals surface area contributed by atoms with E-state index in [1.807, 2.05) is 40.2 Å². The molecule has 0 bridgehead atoms. The van der Waals surface area contributed by atoms with Gasteiger partial charge in [-0.1, -0.05) is 0 Å². The molecule has 1 aliphatic rings. The van der Waals surface area contributed by atoms with Crippen LogP contribution >= 0.6 is 0 Å². The highest BCUT2D eigenvalue weighted by Crippen LogP contribution is 2.22. The molecular weight excluding hydrogens is 244 g/mol. The number of nitrogens with one attached hydrogen (secondary N) is 2. The average molecular weight is 266 g/mol. The molecule has 1 fully saturated rings. The molecule has 0 saturated carbocycles. The number of nitrogens with zero attached hydrogens (tertiary/aromatic N) is 2. The number of carbonyl (C=O) groups is 1. The maximum atomic E-state index is 11.8. The Balaban J connectivity index is 1.98. The summed E-state index contributed by atoms with van der Waals surface area (Å²) in [6.07, 6.45) is 3.47. The number of amides is 1. The van der Waals surface area contributed by atoms with Gasteiger partial charge in [-0.15, -0.1) is 0 Å². The predicted molar refractivity (Wildman–Crippen MR) is 72.0 cm³/mol. The number of rotatable bonds is 2. The first kappa shape index (κ1) is 13.9. The van der Waals surface area contributed by atoms with Gasteiger partial charge in [0.2, 0.25) is 0 Å². The number of aryl methyl sites for hydroxylation is 1. The molecule has 0 aromatic carbocycles. The maximum Gasteiger partial charge on any atom is 0.407 e. The zero-order valence-electron chi connectivity index (χ0n) is 11.9. The first-order valence-electron chi connectivity index (χ1n) is 6.54. The third-order valence-corrected chi connectivity index (χ3v) is 3.07. The van der Waals surface area contributed by atoms with Crippen molar-refractivity contribution in [2.24, 2.45) is 7.05 Å². The van der Waals surface area contributed by atoms with Crippen molar-refractivity contribution in [3.05, 3.63) is 18.0 Å². The third kappa shape index (κ3) is 3.70. The molecule has 1 aromatic heterocycles. The van der Waals surface area contributed by atoms with Crippen LogP contribution in [0.5, 0.6) is 0 Å². The van der Waals surface area contributed by atoms with E-state index in [2.05, 4.69) is 15.7 Å². The van der Waals surface area contributed by atoms with Gasteiger partial charge in [0.15, 0.2) is 0 Å². The minimum atomic E-state index is -0.472. The van der Waals surface area contributed by atoms with Gasteiger partial charge in [-0.25, -0.2) is 4.79 Å². The van der Waals surface area contributed by atoms with Crippen molar-refractivity contribution in [3.8, 4) is 0 Å². The summed E-state index contributed by atoms with van der Waals surface area (Å²) in [5, 5.41) is 10.4. The van der Waals surface area contributed by atoms with Crippen molar-refractivity contribution in [1.82, 2.24) is 20.4 Å². The molecule has 2 N–H and O–H groups in total. The van der Waals surface area contributed by atoms with E-state index < -0.39 is 5.60 Å². The molecular formula is C13H22N4O2. The van der Waals surface area contributed by atoms with Crippen LogP contribution < -0.4 is 10.6 Å². The number of aromatic nitrogens is 2. The van der Waals surface area contributed by atoms with E-state index in [4.69, 9.17) is 4.74 Å². The number of alkyl carbamates (subject to hydrolysis) is 1. The maximum absolute atomic E-state index is 11.8. The normalized spacial score (nSPS) is 23.4. The van der Waals surface area contributed by atoms with Gasteiger partial charge in [0, 0.05) is 32.3 Å². The van der Waals surface area contributed by atoms with E-state index >= 15 is 0 Å². The van der Waals surface area contributed by atoms with Crippen molar-refractivity contribution in [1.29, 1.82) is 0 Å². The molecule has 1 saturated heterocycles. The summed E-state index contributed by atoms with van der Waals surface area (Å²) in [6.45, 7) is 7.17. The predicted octanol–water partition coefficient (Wildman–Crippen LogP) is 1.00. The van der Waals surface area contributed by atoms with Crippen LogP contribution in [0.15, 0.2) is 12.4 Å². The number of carbonyl (C=O) groups excluding carboxylic acids is 1. The lowest BCUT2D eigenvalue weighted by atomic mass is 9.97. The monoisotopic (exact) mass is 266 g/mol. The van der Waals surface area contributed by atoms with Crippen LogP contribution in [0.2, 0.25) is 0 Å². The lowest BCUT2D eigenvalue weighted by Gasteiger charge is -2.23. The second-order valence-electron chi connectivity index (χ2n) is 5.96. The summed E-state index contributed by atoms with van der Waals surface area (Å²) in [4.78, 5) is 11.8. The Kier molecular flexibility index (Phi) is 3.80. The average Bonchev–Trinajstić information content (AvgIpc) is 2.83. The van der Waals surface area contributed by atoms with Crippen molar-refractivity contribution in [3.63, 3.8) is 0 Å². The van der Waals surface area contributed by atoms with E-state index in [9.17, 15) is 4.79 Å². The van der Waals surface area contributed by atoms with Crippen molar-refractivity contribution in [2.75, 3.05) is 13.1 Å². The van der Waals surface area contributed by atoms with Crippen LogP contribution in [-0.2, 0) is 11.8 Å². The quantitative estimate of drug-likeness (QED) is 0.838. The van der Waals surface area contributed by atoms with Gasteiger partial charge in [0.25, 0.3) is 0 Å². The first-order valence-corrected chi connectivity index (χ1v) is 6.54. The van der Waals surface area contributed by atoms with Gasteiger partial charge in [0.1, 0.15) is 5.60 Å². The Bertz CT molecular complexity index is 450. The Labute approximate surface area is 113 Å². The topological polar surface area (TPSA) is 68.2 Å². The van der Waals surface area contributed by atoms with Crippen LogP contribution in [0, 0.1) is 0 Å². The van der Waals surface area contributed by atoms with Crippen LogP contribution in [0.25, 0.3) is 0 Å². The zero-order chi connectivity index (χ0) is 14.0. The number of hydrogen-bond donors (Lipinski definition) is 2. The van der Waals surface area contributed by atoms with Gasteiger partial charge in [-0.3, -0.25) is 4.68 Å². The highest BCUT2D eigenvalue weighted by atomic mass is 16.6. The summed E-state index contributed by atoms with van der Waals surface area (Å²) >= 11 is 0. The molecule has 0 unspecified atom stereocenters. The van der Waals surface area contributed by atoms with E-state index in [0.29, 0.717) is 0 Å². The second kappa shape index (κ2) is 5.21. The van der Waals surface area contributed by atoms with E-state index in [-0.39, 0.29) is 18.1 Å². The molecule has 0 radical (unpaired) electrons. The Morgan fingerprint density at radius 2 is 2.26 bits per heavy atom. The van der Waals surface area contributed by atoms with Gasteiger partial charge < -0.3 is 15.4 Å². The summed E-state index contributed by atoms with van der Waals surface area (Å²) < 4.78 is 7.07. The zero-order valence-corrected chi connectivity index (χ0v) is 11.9. The molecule has 1 aliphatic heterocycles. The van der Waals surface area contributed by atoms with Crippen LogP contribution in [-0.4, -0.2) is 40.6 Å².